The second kappa shape index (κ2) is 3.53. The van der Waals surface area contributed by atoms with Gasteiger partial charge in [-0.25, -0.2) is 0 Å². The van der Waals surface area contributed by atoms with E-state index in [0.717, 1.165) is 0 Å². The molecule has 0 unspecified atom stereocenters. The SMILES string of the molecule is NC(=O)[C@@H]1CCCN[C@H]1C(F)(F)F. The average molecular weight is 196 g/mol. The molecule has 1 aliphatic heterocycles. The van der Waals surface area contributed by atoms with Crippen molar-refractivity contribution in [3.05, 3.63) is 0 Å². The number of hydrogen-bond donors (Lipinski definition) is 2. The van der Waals surface area contributed by atoms with Gasteiger partial charge in [0.2, 0.25) is 5.91 Å². The number of carbonyl (C=O) groups excluding carboxylic acids is 1. The van der Waals surface area contributed by atoms with E-state index in [2.05, 4.69) is 5.32 Å². The van der Waals surface area contributed by atoms with Gasteiger partial charge >= 0.3 is 6.18 Å². The fraction of sp³-hybridized carbons (Fsp3) is 0.857. The van der Waals surface area contributed by atoms with Crippen molar-refractivity contribution in [1.82, 2.24) is 5.32 Å². The minimum Gasteiger partial charge on any atom is -0.369 e. The largest absolute Gasteiger partial charge is 0.404 e. The molecule has 3 N–H and O–H groups in total. The van der Waals surface area contributed by atoms with Crippen LogP contribution >= 0.6 is 0 Å². The summed E-state index contributed by atoms with van der Waals surface area (Å²) in [7, 11) is 0. The van der Waals surface area contributed by atoms with Crippen LogP contribution in [0.5, 0.6) is 0 Å². The van der Waals surface area contributed by atoms with E-state index in [9.17, 15) is 18.0 Å². The molecule has 0 aromatic carbocycles. The van der Waals surface area contributed by atoms with Gasteiger partial charge in [0.1, 0.15) is 6.04 Å². The molecule has 0 aliphatic carbocycles. The lowest BCUT2D eigenvalue weighted by Gasteiger charge is -2.31. The molecule has 1 heterocycles. The molecule has 6 heteroatoms. The highest BCUT2D eigenvalue weighted by Crippen LogP contribution is 2.30. The standard InChI is InChI=1S/C7H11F3N2O/c8-7(9,10)5-4(6(11)13)2-1-3-12-5/h4-5,12H,1-3H2,(H2,11,13)/t4-,5-/m1/s1. The van der Waals surface area contributed by atoms with Gasteiger partial charge in [0, 0.05) is 0 Å². The molecule has 0 aromatic rings. The van der Waals surface area contributed by atoms with E-state index in [0.29, 0.717) is 6.42 Å². The Balaban J connectivity index is 2.73. The summed E-state index contributed by atoms with van der Waals surface area (Å²) in [5.41, 5.74) is 4.88. The summed E-state index contributed by atoms with van der Waals surface area (Å²) < 4.78 is 36.8. The Labute approximate surface area is 73.5 Å². The van der Waals surface area contributed by atoms with Gasteiger partial charge in [-0.3, -0.25) is 4.79 Å². The summed E-state index contributed by atoms with van der Waals surface area (Å²) in [6, 6.07) is -1.77. The number of carbonyl (C=O) groups is 1. The van der Waals surface area contributed by atoms with Crippen molar-refractivity contribution in [3.8, 4) is 0 Å². The first-order valence-electron chi connectivity index (χ1n) is 4.02. The van der Waals surface area contributed by atoms with Crippen LogP contribution in [-0.2, 0) is 4.79 Å². The molecule has 76 valence electrons. The van der Waals surface area contributed by atoms with E-state index >= 15 is 0 Å². The van der Waals surface area contributed by atoms with Gasteiger partial charge in [-0.1, -0.05) is 0 Å². The number of halogens is 3. The van der Waals surface area contributed by atoms with Crippen molar-refractivity contribution in [2.45, 2.75) is 25.1 Å². The molecule has 13 heavy (non-hydrogen) atoms. The van der Waals surface area contributed by atoms with Crippen molar-refractivity contribution >= 4 is 5.91 Å². The monoisotopic (exact) mass is 196 g/mol. The van der Waals surface area contributed by atoms with E-state index in [1.807, 2.05) is 0 Å². The minimum atomic E-state index is -4.39. The lowest BCUT2D eigenvalue weighted by atomic mass is 9.90. The Hall–Kier alpha value is -0.780. The van der Waals surface area contributed by atoms with Crippen molar-refractivity contribution in [1.29, 1.82) is 0 Å². The summed E-state index contributed by atoms with van der Waals surface area (Å²) >= 11 is 0. The zero-order valence-electron chi connectivity index (χ0n) is 6.90. The highest BCUT2D eigenvalue weighted by Gasteiger charge is 2.47. The number of hydrogen-bond acceptors (Lipinski definition) is 2. The summed E-state index contributed by atoms with van der Waals surface area (Å²) in [5, 5.41) is 2.26. The summed E-state index contributed by atoms with van der Waals surface area (Å²) in [4.78, 5) is 10.7. The van der Waals surface area contributed by atoms with Crippen LogP contribution in [0.25, 0.3) is 0 Å². The quantitative estimate of drug-likeness (QED) is 0.637. The number of primary amides is 1. The third-order valence-corrected chi connectivity index (χ3v) is 2.18. The smallest absolute Gasteiger partial charge is 0.369 e. The Bertz CT molecular complexity index is 204. The first-order valence-corrected chi connectivity index (χ1v) is 4.02. The molecule has 1 saturated heterocycles. The Kier molecular flexibility index (Phi) is 2.80. The predicted molar refractivity (Wildman–Crippen MR) is 39.8 cm³/mol. The van der Waals surface area contributed by atoms with Gasteiger partial charge in [0.05, 0.1) is 5.92 Å². The molecule has 0 saturated carbocycles. The van der Waals surface area contributed by atoms with Crippen LogP contribution in [-0.4, -0.2) is 24.7 Å². The maximum absolute atomic E-state index is 12.3. The Morgan fingerprint density at radius 1 is 1.46 bits per heavy atom. The fourth-order valence-corrected chi connectivity index (χ4v) is 1.54. The lowest BCUT2D eigenvalue weighted by Crippen LogP contribution is -2.54. The molecular weight excluding hydrogens is 185 g/mol. The van der Waals surface area contributed by atoms with Gasteiger partial charge in [-0.05, 0) is 19.4 Å². The van der Waals surface area contributed by atoms with Crippen LogP contribution in [0.3, 0.4) is 0 Å². The number of piperidine rings is 1. The Morgan fingerprint density at radius 3 is 2.46 bits per heavy atom. The summed E-state index contributed by atoms with van der Waals surface area (Å²) in [6.45, 7) is 0.286. The molecule has 0 spiro atoms. The van der Waals surface area contributed by atoms with E-state index < -0.39 is 24.0 Å². The molecule has 0 aromatic heterocycles. The summed E-state index contributed by atoms with van der Waals surface area (Å²) in [6.07, 6.45) is -3.62. The highest BCUT2D eigenvalue weighted by atomic mass is 19.4. The molecule has 1 amide bonds. The van der Waals surface area contributed by atoms with Crippen LogP contribution in [0, 0.1) is 5.92 Å². The maximum atomic E-state index is 12.3. The molecule has 1 fully saturated rings. The van der Waals surface area contributed by atoms with Crippen molar-refractivity contribution in [3.63, 3.8) is 0 Å². The molecule has 3 nitrogen and oxygen atoms in total. The van der Waals surface area contributed by atoms with Crippen molar-refractivity contribution < 1.29 is 18.0 Å². The van der Waals surface area contributed by atoms with Crippen molar-refractivity contribution in [2.75, 3.05) is 6.54 Å². The number of amides is 1. The second-order valence-corrected chi connectivity index (χ2v) is 3.12. The summed E-state index contributed by atoms with van der Waals surface area (Å²) in [5.74, 6) is -2.00. The van der Waals surface area contributed by atoms with E-state index in [-0.39, 0.29) is 13.0 Å². The topological polar surface area (TPSA) is 55.1 Å². The van der Waals surface area contributed by atoms with Gasteiger partial charge in [0.25, 0.3) is 0 Å². The predicted octanol–water partition coefficient (Wildman–Crippen LogP) is 0.402. The first-order chi connectivity index (χ1) is 5.93. The fourth-order valence-electron chi connectivity index (χ4n) is 1.54. The number of nitrogens with two attached hydrogens (primary N) is 1. The van der Waals surface area contributed by atoms with Gasteiger partial charge in [-0.15, -0.1) is 0 Å². The normalized spacial score (nSPS) is 30.1. The molecule has 0 bridgehead atoms. The maximum Gasteiger partial charge on any atom is 0.404 e. The highest BCUT2D eigenvalue weighted by molar-refractivity contribution is 5.77. The van der Waals surface area contributed by atoms with Gasteiger partial charge in [-0.2, -0.15) is 13.2 Å². The van der Waals surface area contributed by atoms with Gasteiger partial charge < -0.3 is 11.1 Å². The van der Waals surface area contributed by atoms with Crippen molar-refractivity contribution in [2.24, 2.45) is 11.7 Å². The van der Waals surface area contributed by atoms with E-state index in [4.69, 9.17) is 5.73 Å². The van der Waals surface area contributed by atoms with E-state index in [1.165, 1.54) is 0 Å². The first kappa shape index (κ1) is 10.3. The molecule has 0 radical (unpaired) electrons. The second-order valence-electron chi connectivity index (χ2n) is 3.12. The number of rotatable bonds is 1. The average Bonchev–Trinajstić information content (AvgIpc) is 2.03. The lowest BCUT2D eigenvalue weighted by molar-refractivity contribution is -0.176. The zero-order chi connectivity index (χ0) is 10.1. The third-order valence-electron chi connectivity index (χ3n) is 2.18. The zero-order valence-corrected chi connectivity index (χ0v) is 6.90. The van der Waals surface area contributed by atoms with Crippen LogP contribution in [0.1, 0.15) is 12.8 Å². The number of alkyl halides is 3. The van der Waals surface area contributed by atoms with Crippen LogP contribution in [0.4, 0.5) is 13.2 Å². The van der Waals surface area contributed by atoms with Gasteiger partial charge in [0.15, 0.2) is 0 Å². The minimum absolute atomic E-state index is 0.215. The molecular formula is C7H11F3N2O. The van der Waals surface area contributed by atoms with E-state index in [1.54, 1.807) is 0 Å². The molecule has 2 atom stereocenters. The molecule has 1 rings (SSSR count). The van der Waals surface area contributed by atoms with Crippen LogP contribution in [0.15, 0.2) is 0 Å². The van der Waals surface area contributed by atoms with Crippen LogP contribution in [0.2, 0.25) is 0 Å². The Morgan fingerprint density at radius 2 is 2.08 bits per heavy atom. The number of nitrogens with one attached hydrogen (secondary N) is 1. The van der Waals surface area contributed by atoms with Crippen LogP contribution < -0.4 is 11.1 Å². The third kappa shape index (κ3) is 2.33. The molecule has 1 aliphatic rings.